The number of benzene rings is 1. The van der Waals surface area contributed by atoms with E-state index in [1.807, 2.05) is 24.3 Å². The maximum atomic E-state index is 5.71. The summed E-state index contributed by atoms with van der Waals surface area (Å²) in [6.45, 7) is 10.7. The van der Waals surface area contributed by atoms with Gasteiger partial charge in [0.25, 0.3) is 0 Å². The Hall–Kier alpha value is -1.52. The summed E-state index contributed by atoms with van der Waals surface area (Å²) in [5.41, 5.74) is 1.16. The van der Waals surface area contributed by atoms with Crippen molar-refractivity contribution < 1.29 is 14.2 Å². The molecule has 1 N–H and O–H groups in total. The molecule has 0 radical (unpaired) electrons. The SMILES string of the molecule is C=CCc1ccc(OCCOCCN[C@H](C)CC)c(OC)c1. The Labute approximate surface area is 134 Å². The van der Waals surface area contributed by atoms with Crippen molar-refractivity contribution in [1.29, 1.82) is 0 Å². The molecule has 0 amide bonds. The molecular formula is C18H29NO3. The van der Waals surface area contributed by atoms with Crippen LogP contribution in [0.5, 0.6) is 11.5 Å². The van der Waals surface area contributed by atoms with Gasteiger partial charge in [-0.2, -0.15) is 0 Å². The molecule has 0 aliphatic carbocycles. The van der Waals surface area contributed by atoms with E-state index < -0.39 is 0 Å². The molecule has 1 aromatic rings. The Morgan fingerprint density at radius 3 is 2.73 bits per heavy atom. The van der Waals surface area contributed by atoms with Gasteiger partial charge in [-0.15, -0.1) is 6.58 Å². The van der Waals surface area contributed by atoms with Crippen molar-refractivity contribution in [2.45, 2.75) is 32.7 Å². The predicted octanol–water partition coefficient (Wildman–Crippen LogP) is 3.21. The van der Waals surface area contributed by atoms with Crippen LogP contribution < -0.4 is 14.8 Å². The first-order chi connectivity index (χ1) is 10.7. The number of allylic oxidation sites excluding steroid dienone is 1. The molecule has 0 saturated carbocycles. The molecular weight excluding hydrogens is 278 g/mol. The van der Waals surface area contributed by atoms with Gasteiger partial charge in [0.2, 0.25) is 0 Å². The van der Waals surface area contributed by atoms with Crippen LogP contribution in [0.1, 0.15) is 25.8 Å². The molecule has 4 nitrogen and oxygen atoms in total. The maximum absolute atomic E-state index is 5.71. The number of rotatable bonds is 12. The third kappa shape index (κ3) is 6.96. The average molecular weight is 307 g/mol. The van der Waals surface area contributed by atoms with Crippen LogP contribution in [0.25, 0.3) is 0 Å². The summed E-state index contributed by atoms with van der Waals surface area (Å²) in [7, 11) is 1.65. The second kappa shape index (κ2) is 11.1. The zero-order valence-electron chi connectivity index (χ0n) is 14.1. The fourth-order valence-electron chi connectivity index (χ4n) is 1.96. The summed E-state index contributed by atoms with van der Waals surface area (Å²) in [6.07, 6.45) is 3.82. The molecule has 1 atom stereocenters. The van der Waals surface area contributed by atoms with E-state index in [-0.39, 0.29) is 0 Å². The van der Waals surface area contributed by atoms with Crippen molar-refractivity contribution in [3.05, 3.63) is 36.4 Å². The first-order valence-electron chi connectivity index (χ1n) is 7.93. The molecule has 0 heterocycles. The molecule has 1 aromatic carbocycles. The van der Waals surface area contributed by atoms with E-state index >= 15 is 0 Å². The topological polar surface area (TPSA) is 39.7 Å². The van der Waals surface area contributed by atoms with Gasteiger partial charge in [0.1, 0.15) is 6.61 Å². The molecule has 0 unspecified atom stereocenters. The van der Waals surface area contributed by atoms with Crippen LogP contribution in [0.15, 0.2) is 30.9 Å². The van der Waals surface area contributed by atoms with Crippen molar-refractivity contribution in [2.24, 2.45) is 0 Å². The van der Waals surface area contributed by atoms with Gasteiger partial charge in [0.05, 0.1) is 20.3 Å². The molecule has 0 saturated heterocycles. The highest BCUT2D eigenvalue weighted by molar-refractivity contribution is 5.43. The minimum Gasteiger partial charge on any atom is -0.493 e. The van der Waals surface area contributed by atoms with Gasteiger partial charge in [0.15, 0.2) is 11.5 Å². The Morgan fingerprint density at radius 2 is 2.05 bits per heavy atom. The Balaban J connectivity index is 2.25. The van der Waals surface area contributed by atoms with Gasteiger partial charge in [0, 0.05) is 12.6 Å². The fraction of sp³-hybridized carbons (Fsp3) is 0.556. The summed E-state index contributed by atoms with van der Waals surface area (Å²) < 4.78 is 16.6. The summed E-state index contributed by atoms with van der Waals surface area (Å²) in [4.78, 5) is 0. The van der Waals surface area contributed by atoms with Crippen molar-refractivity contribution >= 4 is 0 Å². The molecule has 0 fully saturated rings. The molecule has 0 aliphatic rings. The Morgan fingerprint density at radius 1 is 1.23 bits per heavy atom. The number of nitrogens with one attached hydrogen (secondary N) is 1. The lowest BCUT2D eigenvalue weighted by Crippen LogP contribution is -2.29. The van der Waals surface area contributed by atoms with Crippen molar-refractivity contribution in [3.63, 3.8) is 0 Å². The van der Waals surface area contributed by atoms with E-state index in [2.05, 4.69) is 25.7 Å². The van der Waals surface area contributed by atoms with Crippen LogP contribution >= 0.6 is 0 Å². The summed E-state index contributed by atoms with van der Waals surface area (Å²) >= 11 is 0. The van der Waals surface area contributed by atoms with Crippen LogP contribution in [0, 0.1) is 0 Å². The highest BCUT2D eigenvalue weighted by Crippen LogP contribution is 2.28. The number of ether oxygens (including phenoxy) is 3. The third-order valence-electron chi connectivity index (χ3n) is 3.44. The van der Waals surface area contributed by atoms with Gasteiger partial charge in [-0.1, -0.05) is 19.1 Å². The lowest BCUT2D eigenvalue weighted by molar-refractivity contribution is 0.0994. The predicted molar refractivity (Wildman–Crippen MR) is 91.0 cm³/mol. The maximum Gasteiger partial charge on any atom is 0.161 e. The Bertz CT molecular complexity index is 434. The van der Waals surface area contributed by atoms with E-state index in [0.717, 1.165) is 36.4 Å². The normalized spacial score (nSPS) is 12.0. The molecule has 0 spiro atoms. The van der Waals surface area contributed by atoms with Gasteiger partial charge >= 0.3 is 0 Å². The van der Waals surface area contributed by atoms with Crippen molar-refractivity contribution in [1.82, 2.24) is 5.32 Å². The molecule has 0 aromatic heterocycles. The van der Waals surface area contributed by atoms with Crippen LogP contribution in [0.3, 0.4) is 0 Å². The molecule has 4 heteroatoms. The largest absolute Gasteiger partial charge is 0.493 e. The zero-order chi connectivity index (χ0) is 16.2. The van der Waals surface area contributed by atoms with Crippen LogP contribution in [-0.2, 0) is 11.2 Å². The van der Waals surface area contributed by atoms with Crippen molar-refractivity contribution in [3.8, 4) is 11.5 Å². The van der Waals surface area contributed by atoms with E-state index in [9.17, 15) is 0 Å². The quantitative estimate of drug-likeness (QED) is 0.475. The highest BCUT2D eigenvalue weighted by Gasteiger charge is 2.05. The lowest BCUT2D eigenvalue weighted by atomic mass is 10.1. The highest BCUT2D eigenvalue weighted by atomic mass is 16.5. The van der Waals surface area contributed by atoms with Gasteiger partial charge in [-0.05, 0) is 37.5 Å². The Kier molecular flexibility index (Phi) is 9.35. The minimum atomic E-state index is 0.514. The standard InChI is InChI=1S/C18H29NO3/c1-5-7-16-8-9-17(18(14-16)20-4)22-13-12-21-11-10-19-15(3)6-2/h5,8-9,14-15,19H,1,6-7,10-13H2,2-4H3/t15-/m1/s1. The summed E-state index contributed by atoms with van der Waals surface area (Å²) in [6, 6.07) is 6.48. The molecule has 0 bridgehead atoms. The average Bonchev–Trinajstić information content (AvgIpc) is 2.54. The first kappa shape index (κ1) is 18.5. The number of hydrogen-bond acceptors (Lipinski definition) is 4. The van der Waals surface area contributed by atoms with E-state index in [0.29, 0.717) is 25.9 Å². The first-order valence-corrected chi connectivity index (χ1v) is 7.93. The number of methoxy groups -OCH3 is 1. The number of hydrogen-bond donors (Lipinski definition) is 1. The van der Waals surface area contributed by atoms with Gasteiger partial charge < -0.3 is 19.5 Å². The summed E-state index contributed by atoms with van der Waals surface area (Å²) in [5, 5.41) is 3.38. The van der Waals surface area contributed by atoms with Crippen LogP contribution in [0.4, 0.5) is 0 Å². The molecule has 0 aliphatic heterocycles. The molecule has 124 valence electrons. The fourth-order valence-corrected chi connectivity index (χ4v) is 1.96. The zero-order valence-corrected chi connectivity index (χ0v) is 14.1. The van der Waals surface area contributed by atoms with E-state index in [1.165, 1.54) is 0 Å². The monoisotopic (exact) mass is 307 g/mol. The molecule has 22 heavy (non-hydrogen) atoms. The molecule has 1 rings (SSSR count). The van der Waals surface area contributed by atoms with Gasteiger partial charge in [-0.3, -0.25) is 0 Å². The third-order valence-corrected chi connectivity index (χ3v) is 3.44. The smallest absolute Gasteiger partial charge is 0.161 e. The van der Waals surface area contributed by atoms with E-state index in [4.69, 9.17) is 14.2 Å². The summed E-state index contributed by atoms with van der Waals surface area (Å²) in [5.74, 6) is 1.49. The second-order valence-electron chi connectivity index (χ2n) is 5.20. The van der Waals surface area contributed by atoms with E-state index in [1.54, 1.807) is 7.11 Å². The minimum absolute atomic E-state index is 0.514. The van der Waals surface area contributed by atoms with Crippen molar-refractivity contribution in [2.75, 3.05) is 33.5 Å². The van der Waals surface area contributed by atoms with Crippen LogP contribution in [0.2, 0.25) is 0 Å². The van der Waals surface area contributed by atoms with Crippen LogP contribution in [-0.4, -0.2) is 39.5 Å². The van der Waals surface area contributed by atoms with Gasteiger partial charge in [-0.25, -0.2) is 0 Å². The second-order valence-corrected chi connectivity index (χ2v) is 5.20. The lowest BCUT2D eigenvalue weighted by Gasteiger charge is -2.13.